The highest BCUT2D eigenvalue weighted by Crippen LogP contribution is 2.22. The highest BCUT2D eigenvalue weighted by molar-refractivity contribution is 5.78. The molecular formula is C40H78N2O5. The van der Waals surface area contributed by atoms with Crippen molar-refractivity contribution in [1.82, 2.24) is 9.80 Å². The van der Waals surface area contributed by atoms with E-state index in [1.165, 1.54) is 77.0 Å². The van der Waals surface area contributed by atoms with Gasteiger partial charge in [0.15, 0.2) is 0 Å². The van der Waals surface area contributed by atoms with Crippen LogP contribution in [0.2, 0.25) is 0 Å². The summed E-state index contributed by atoms with van der Waals surface area (Å²) in [4.78, 5) is 43.0. The van der Waals surface area contributed by atoms with E-state index in [-0.39, 0.29) is 49.4 Å². The summed E-state index contributed by atoms with van der Waals surface area (Å²) in [6.07, 6.45) is 27.2. The van der Waals surface area contributed by atoms with Crippen LogP contribution < -0.4 is 0 Å². The summed E-state index contributed by atoms with van der Waals surface area (Å²) in [5, 5.41) is 0. The standard InChI is InChI=1S/C40H78N2O5/c1-7-11-15-19-23-27-36(28-24-20-16-12-8-2)39(44)46-33-31-42(38(43)35-41(5)6)32-34-47-40(45)37(29-25-21-17-13-9-3)30-26-22-18-14-10-4/h36-37H,7-35H2,1-6H3. The maximum absolute atomic E-state index is 13.2. The zero-order valence-corrected chi connectivity index (χ0v) is 32.1. The number of unbranched alkanes of at least 4 members (excludes halogenated alkanes) is 16. The van der Waals surface area contributed by atoms with Gasteiger partial charge in [-0.25, -0.2) is 0 Å². The molecule has 1 amide bonds. The van der Waals surface area contributed by atoms with Crippen molar-refractivity contribution in [3.63, 3.8) is 0 Å². The van der Waals surface area contributed by atoms with Crippen molar-refractivity contribution < 1.29 is 23.9 Å². The first-order valence-corrected chi connectivity index (χ1v) is 20.1. The second-order valence-corrected chi connectivity index (χ2v) is 14.2. The Labute approximate surface area is 291 Å². The van der Waals surface area contributed by atoms with Crippen molar-refractivity contribution in [3.05, 3.63) is 0 Å². The predicted octanol–water partition coefficient (Wildman–Crippen LogP) is 10.1. The second-order valence-electron chi connectivity index (χ2n) is 14.2. The van der Waals surface area contributed by atoms with E-state index in [0.29, 0.717) is 13.1 Å². The molecule has 7 nitrogen and oxygen atoms in total. The lowest BCUT2D eigenvalue weighted by Crippen LogP contribution is -2.42. The van der Waals surface area contributed by atoms with Crippen LogP contribution in [0.5, 0.6) is 0 Å². The molecule has 0 aliphatic heterocycles. The first-order chi connectivity index (χ1) is 22.8. The van der Waals surface area contributed by atoms with Gasteiger partial charge in [0.25, 0.3) is 0 Å². The number of esters is 2. The zero-order valence-electron chi connectivity index (χ0n) is 32.1. The Morgan fingerprint density at radius 1 is 0.468 bits per heavy atom. The van der Waals surface area contributed by atoms with Gasteiger partial charge in [-0.05, 0) is 39.8 Å². The van der Waals surface area contributed by atoms with Gasteiger partial charge >= 0.3 is 11.9 Å². The minimum atomic E-state index is -0.122. The smallest absolute Gasteiger partial charge is 0.308 e. The normalized spacial score (nSPS) is 11.5. The quantitative estimate of drug-likeness (QED) is 0.0503. The van der Waals surface area contributed by atoms with Crippen LogP contribution in [0.3, 0.4) is 0 Å². The van der Waals surface area contributed by atoms with Gasteiger partial charge in [-0.3, -0.25) is 14.4 Å². The lowest BCUT2D eigenvalue weighted by Gasteiger charge is -2.25. The van der Waals surface area contributed by atoms with E-state index >= 15 is 0 Å². The second kappa shape index (κ2) is 32.9. The third-order valence-electron chi connectivity index (χ3n) is 9.31. The molecule has 0 rings (SSSR count). The Morgan fingerprint density at radius 2 is 0.766 bits per heavy atom. The molecule has 0 aromatic heterocycles. The zero-order chi connectivity index (χ0) is 35.0. The fourth-order valence-corrected chi connectivity index (χ4v) is 6.22. The van der Waals surface area contributed by atoms with Crippen LogP contribution in [-0.2, 0) is 23.9 Å². The van der Waals surface area contributed by atoms with E-state index in [9.17, 15) is 14.4 Å². The average molecular weight is 667 g/mol. The Balaban J connectivity index is 5.06. The molecule has 278 valence electrons. The Bertz CT molecular complexity index is 666. The molecule has 0 aromatic carbocycles. The maximum atomic E-state index is 13.2. The molecule has 0 aromatic rings. The molecule has 0 radical (unpaired) electrons. The third-order valence-corrected chi connectivity index (χ3v) is 9.31. The van der Waals surface area contributed by atoms with E-state index in [4.69, 9.17) is 9.47 Å². The average Bonchev–Trinajstić information content (AvgIpc) is 3.04. The molecule has 0 spiro atoms. The number of likely N-dealkylation sites (N-methyl/N-ethyl adjacent to an activating group) is 1. The van der Waals surface area contributed by atoms with E-state index < -0.39 is 0 Å². The topological polar surface area (TPSA) is 76.1 Å². The van der Waals surface area contributed by atoms with Gasteiger partial charge < -0.3 is 19.3 Å². The van der Waals surface area contributed by atoms with E-state index in [2.05, 4.69) is 27.7 Å². The molecule has 7 heteroatoms. The maximum Gasteiger partial charge on any atom is 0.308 e. The van der Waals surface area contributed by atoms with Gasteiger partial charge in [0.1, 0.15) is 13.2 Å². The van der Waals surface area contributed by atoms with Gasteiger partial charge in [-0.1, -0.05) is 156 Å². The summed E-state index contributed by atoms with van der Waals surface area (Å²) in [5.74, 6) is -0.419. The van der Waals surface area contributed by atoms with Crippen molar-refractivity contribution in [2.24, 2.45) is 11.8 Å². The van der Waals surface area contributed by atoms with Crippen molar-refractivity contribution in [2.75, 3.05) is 46.9 Å². The Kier molecular flexibility index (Phi) is 31.8. The Hall–Kier alpha value is -1.63. The molecule has 0 heterocycles. The number of amides is 1. The molecule has 0 aliphatic rings. The number of hydrogen-bond acceptors (Lipinski definition) is 6. The van der Waals surface area contributed by atoms with E-state index in [1.807, 2.05) is 19.0 Å². The fourth-order valence-electron chi connectivity index (χ4n) is 6.22. The molecule has 47 heavy (non-hydrogen) atoms. The summed E-state index contributed by atoms with van der Waals surface area (Å²) in [6, 6.07) is 0. The molecule has 0 aliphatic carbocycles. The highest BCUT2D eigenvalue weighted by Gasteiger charge is 2.23. The number of hydrogen-bond donors (Lipinski definition) is 0. The van der Waals surface area contributed by atoms with Crippen molar-refractivity contribution in [1.29, 1.82) is 0 Å². The summed E-state index contributed by atoms with van der Waals surface area (Å²) in [7, 11) is 3.74. The van der Waals surface area contributed by atoms with Crippen LogP contribution in [0, 0.1) is 11.8 Å². The monoisotopic (exact) mass is 667 g/mol. The first kappa shape index (κ1) is 45.4. The van der Waals surface area contributed by atoms with Gasteiger partial charge in [0.2, 0.25) is 5.91 Å². The van der Waals surface area contributed by atoms with Crippen LogP contribution in [0.1, 0.15) is 182 Å². The first-order valence-electron chi connectivity index (χ1n) is 20.1. The minimum absolute atomic E-state index is 0.0473. The number of carbonyl (C=O) groups excluding carboxylic acids is 3. The Morgan fingerprint density at radius 3 is 1.04 bits per heavy atom. The molecule has 0 N–H and O–H groups in total. The largest absolute Gasteiger partial charge is 0.464 e. The highest BCUT2D eigenvalue weighted by atomic mass is 16.5. The summed E-state index contributed by atoms with van der Waals surface area (Å²) in [6.45, 7) is 10.1. The van der Waals surface area contributed by atoms with Crippen molar-refractivity contribution in [2.45, 2.75) is 182 Å². The number of ether oxygens (including phenoxy) is 2. The summed E-state index contributed by atoms with van der Waals surface area (Å²) in [5.41, 5.74) is 0. The molecule has 0 unspecified atom stereocenters. The van der Waals surface area contributed by atoms with E-state index in [1.54, 1.807) is 4.90 Å². The van der Waals surface area contributed by atoms with Crippen LogP contribution in [0.4, 0.5) is 0 Å². The lowest BCUT2D eigenvalue weighted by molar-refractivity contribution is -0.152. The molecule has 0 fully saturated rings. The molecule has 0 atom stereocenters. The van der Waals surface area contributed by atoms with Crippen LogP contribution >= 0.6 is 0 Å². The molecule has 0 bridgehead atoms. The summed E-state index contributed by atoms with van der Waals surface area (Å²) >= 11 is 0. The molecule has 0 saturated heterocycles. The van der Waals surface area contributed by atoms with Crippen LogP contribution in [0.15, 0.2) is 0 Å². The SMILES string of the molecule is CCCCCCCC(CCCCCCC)C(=O)OCCN(CCOC(=O)C(CCCCCCC)CCCCCCC)C(=O)CN(C)C. The van der Waals surface area contributed by atoms with Gasteiger partial charge in [0.05, 0.1) is 31.5 Å². The van der Waals surface area contributed by atoms with Crippen molar-refractivity contribution >= 4 is 17.8 Å². The molecular weight excluding hydrogens is 588 g/mol. The number of nitrogens with zero attached hydrogens (tertiary/aromatic N) is 2. The van der Waals surface area contributed by atoms with Gasteiger partial charge in [-0.15, -0.1) is 0 Å². The van der Waals surface area contributed by atoms with Gasteiger partial charge in [-0.2, -0.15) is 0 Å². The third kappa shape index (κ3) is 26.9. The fraction of sp³-hybridized carbons (Fsp3) is 0.925. The minimum Gasteiger partial charge on any atom is -0.464 e. The predicted molar refractivity (Wildman–Crippen MR) is 198 cm³/mol. The number of carbonyl (C=O) groups is 3. The van der Waals surface area contributed by atoms with Crippen molar-refractivity contribution in [3.8, 4) is 0 Å². The lowest BCUT2D eigenvalue weighted by atomic mass is 9.94. The van der Waals surface area contributed by atoms with E-state index in [0.717, 1.165) is 77.0 Å². The number of rotatable bonds is 34. The summed E-state index contributed by atoms with van der Waals surface area (Å²) < 4.78 is 11.6. The van der Waals surface area contributed by atoms with Crippen LogP contribution in [-0.4, -0.2) is 74.6 Å². The van der Waals surface area contributed by atoms with Gasteiger partial charge in [0, 0.05) is 0 Å². The molecule has 0 saturated carbocycles. The van der Waals surface area contributed by atoms with Crippen LogP contribution in [0.25, 0.3) is 0 Å².